The molecule has 0 aromatic heterocycles. The van der Waals surface area contributed by atoms with E-state index in [0.29, 0.717) is 5.75 Å². The predicted octanol–water partition coefficient (Wildman–Crippen LogP) is 2.63. The molecule has 0 spiro atoms. The molecule has 1 heterocycles. The van der Waals surface area contributed by atoms with Gasteiger partial charge in [-0.1, -0.05) is 6.07 Å². The van der Waals surface area contributed by atoms with Crippen molar-refractivity contribution in [3.63, 3.8) is 0 Å². The Balaban J connectivity index is 1.99. The van der Waals surface area contributed by atoms with Crippen LogP contribution in [0.15, 0.2) is 22.7 Å². The van der Waals surface area contributed by atoms with E-state index >= 15 is 0 Å². The second-order valence-electron chi connectivity index (χ2n) is 5.12. The van der Waals surface area contributed by atoms with Crippen LogP contribution >= 0.6 is 15.9 Å². The molecular formula is C14H17BrF2N2O2. The smallest absolute Gasteiger partial charge is 0.262 e. The number of rotatable bonds is 4. The minimum absolute atomic E-state index is 0.282. The van der Waals surface area contributed by atoms with Gasteiger partial charge in [0.05, 0.1) is 30.2 Å². The second-order valence-corrected chi connectivity index (χ2v) is 5.97. The Morgan fingerprint density at radius 3 is 2.81 bits per heavy atom. The fourth-order valence-electron chi connectivity index (χ4n) is 2.25. The minimum Gasteiger partial charge on any atom is -0.496 e. The van der Waals surface area contributed by atoms with Crippen LogP contribution in [0.25, 0.3) is 0 Å². The summed E-state index contributed by atoms with van der Waals surface area (Å²) in [6.07, 6.45) is -0.460. The van der Waals surface area contributed by atoms with E-state index < -0.39 is 30.8 Å². The van der Waals surface area contributed by atoms with Crippen molar-refractivity contribution in [3.8, 4) is 5.75 Å². The predicted molar refractivity (Wildman–Crippen MR) is 78.6 cm³/mol. The quantitative estimate of drug-likeness (QED) is 0.865. The zero-order chi connectivity index (χ0) is 15.6. The third-order valence-corrected chi connectivity index (χ3v) is 4.08. The van der Waals surface area contributed by atoms with E-state index in [4.69, 9.17) is 4.74 Å². The number of methoxy groups -OCH3 is 1. The van der Waals surface area contributed by atoms with Gasteiger partial charge in [-0.3, -0.25) is 10.1 Å². The van der Waals surface area contributed by atoms with Crippen LogP contribution in [-0.2, 0) is 4.79 Å². The van der Waals surface area contributed by atoms with Crippen LogP contribution in [0.5, 0.6) is 5.75 Å². The molecule has 1 amide bonds. The van der Waals surface area contributed by atoms with E-state index in [9.17, 15) is 13.6 Å². The van der Waals surface area contributed by atoms with Crippen molar-refractivity contribution in [2.75, 3.05) is 13.7 Å². The molecule has 1 aromatic carbocycles. The van der Waals surface area contributed by atoms with Crippen molar-refractivity contribution in [2.45, 2.75) is 31.4 Å². The number of carbonyl (C=O) groups is 1. The van der Waals surface area contributed by atoms with Crippen LogP contribution in [0, 0.1) is 0 Å². The number of benzene rings is 1. The van der Waals surface area contributed by atoms with Crippen LogP contribution < -0.4 is 15.4 Å². The lowest BCUT2D eigenvalue weighted by Crippen LogP contribution is -2.41. The van der Waals surface area contributed by atoms with E-state index in [1.54, 1.807) is 20.1 Å². The molecule has 1 aromatic rings. The summed E-state index contributed by atoms with van der Waals surface area (Å²) in [4.78, 5) is 12.0. The Morgan fingerprint density at radius 1 is 1.57 bits per heavy atom. The van der Waals surface area contributed by atoms with Crippen molar-refractivity contribution >= 4 is 21.8 Å². The number of hydrogen-bond donors (Lipinski definition) is 2. The molecule has 4 nitrogen and oxygen atoms in total. The zero-order valence-electron chi connectivity index (χ0n) is 11.8. The van der Waals surface area contributed by atoms with Gasteiger partial charge < -0.3 is 10.1 Å². The van der Waals surface area contributed by atoms with Crippen LogP contribution in [0.3, 0.4) is 0 Å². The number of ether oxygens (including phenoxy) is 1. The van der Waals surface area contributed by atoms with Crippen LogP contribution in [0.1, 0.15) is 24.9 Å². The molecule has 2 N–H and O–H groups in total. The van der Waals surface area contributed by atoms with Crippen LogP contribution in [-0.4, -0.2) is 31.5 Å². The first-order valence-corrected chi connectivity index (χ1v) is 7.37. The third kappa shape index (κ3) is 3.91. The monoisotopic (exact) mass is 362 g/mol. The highest BCUT2D eigenvalue weighted by Crippen LogP contribution is 2.29. The molecule has 2 unspecified atom stereocenters. The fourth-order valence-corrected chi connectivity index (χ4v) is 2.81. The number of nitrogens with one attached hydrogen (secondary N) is 2. The molecule has 1 fully saturated rings. The maximum Gasteiger partial charge on any atom is 0.262 e. The van der Waals surface area contributed by atoms with Crippen LogP contribution in [0.2, 0.25) is 0 Å². The molecule has 7 heteroatoms. The molecule has 1 aliphatic heterocycles. The zero-order valence-corrected chi connectivity index (χ0v) is 13.3. The lowest BCUT2D eigenvalue weighted by atomic mass is 10.1. The Labute approximate surface area is 130 Å². The minimum atomic E-state index is -2.81. The molecule has 1 saturated heterocycles. The lowest BCUT2D eigenvalue weighted by Gasteiger charge is -2.18. The maximum absolute atomic E-state index is 13.1. The fraction of sp³-hybridized carbons (Fsp3) is 0.500. The van der Waals surface area contributed by atoms with Crippen LogP contribution in [0.4, 0.5) is 8.78 Å². The Kier molecular flexibility index (Phi) is 4.83. The molecule has 0 aliphatic carbocycles. The third-order valence-electron chi connectivity index (χ3n) is 3.46. The number of hydrogen-bond acceptors (Lipinski definition) is 3. The summed E-state index contributed by atoms with van der Waals surface area (Å²) in [6.45, 7) is 1.35. The highest BCUT2D eigenvalue weighted by atomic mass is 79.9. The lowest BCUT2D eigenvalue weighted by molar-refractivity contribution is -0.124. The molecular weight excluding hydrogens is 346 g/mol. The van der Waals surface area contributed by atoms with Gasteiger partial charge in [0.1, 0.15) is 5.75 Å². The standard InChI is InChI=1S/C14H17BrF2N2O2/c1-8(9-3-4-12(21-2)10(15)5-9)19-13(20)11-6-14(16,17)7-18-11/h3-5,8,11,18H,6-7H2,1-2H3,(H,19,20). The summed E-state index contributed by atoms with van der Waals surface area (Å²) in [7, 11) is 1.57. The SMILES string of the molecule is COc1ccc(C(C)NC(=O)C2CC(F)(F)CN2)cc1Br. The molecule has 2 rings (SSSR count). The molecule has 2 atom stereocenters. The molecule has 21 heavy (non-hydrogen) atoms. The Hall–Kier alpha value is -1.21. The largest absolute Gasteiger partial charge is 0.496 e. The topological polar surface area (TPSA) is 50.4 Å². The molecule has 0 radical (unpaired) electrons. The van der Waals surface area contributed by atoms with Crippen molar-refractivity contribution in [2.24, 2.45) is 0 Å². The van der Waals surface area contributed by atoms with Gasteiger partial charge in [-0.15, -0.1) is 0 Å². The van der Waals surface area contributed by atoms with E-state index in [1.165, 1.54) is 0 Å². The average Bonchev–Trinajstić information content (AvgIpc) is 2.79. The average molecular weight is 363 g/mol. The first-order valence-electron chi connectivity index (χ1n) is 6.57. The van der Waals surface area contributed by atoms with E-state index in [-0.39, 0.29) is 6.04 Å². The Morgan fingerprint density at radius 2 is 2.29 bits per heavy atom. The van der Waals surface area contributed by atoms with Gasteiger partial charge in [0.2, 0.25) is 5.91 Å². The summed E-state index contributed by atoms with van der Waals surface area (Å²) < 4.78 is 32.1. The highest BCUT2D eigenvalue weighted by molar-refractivity contribution is 9.10. The molecule has 0 saturated carbocycles. The van der Waals surface area contributed by atoms with Gasteiger partial charge in [-0.25, -0.2) is 8.78 Å². The second kappa shape index (κ2) is 6.27. The number of amides is 1. The van der Waals surface area contributed by atoms with Gasteiger partial charge in [0, 0.05) is 6.42 Å². The van der Waals surface area contributed by atoms with E-state index in [0.717, 1.165) is 10.0 Å². The number of carbonyl (C=O) groups excluding carboxylic acids is 1. The van der Waals surface area contributed by atoms with Gasteiger partial charge >= 0.3 is 0 Å². The highest BCUT2D eigenvalue weighted by Gasteiger charge is 2.42. The summed E-state index contributed by atoms with van der Waals surface area (Å²) in [6, 6.07) is 4.32. The number of alkyl halides is 2. The number of halogens is 3. The summed E-state index contributed by atoms with van der Waals surface area (Å²) in [5.41, 5.74) is 0.862. The van der Waals surface area contributed by atoms with Crippen molar-refractivity contribution in [1.29, 1.82) is 0 Å². The summed E-state index contributed by atoms with van der Waals surface area (Å²) >= 11 is 3.37. The van der Waals surface area contributed by atoms with Gasteiger partial charge in [0.25, 0.3) is 5.92 Å². The maximum atomic E-state index is 13.1. The van der Waals surface area contributed by atoms with E-state index in [1.807, 2.05) is 12.1 Å². The summed E-state index contributed by atoms with van der Waals surface area (Å²) in [5, 5.41) is 5.29. The van der Waals surface area contributed by atoms with Crippen molar-refractivity contribution in [1.82, 2.24) is 10.6 Å². The van der Waals surface area contributed by atoms with E-state index in [2.05, 4.69) is 26.6 Å². The Bertz CT molecular complexity index is 540. The molecule has 116 valence electrons. The van der Waals surface area contributed by atoms with Gasteiger partial charge in [-0.2, -0.15) is 0 Å². The molecule has 0 bridgehead atoms. The van der Waals surface area contributed by atoms with Crippen molar-refractivity contribution in [3.05, 3.63) is 28.2 Å². The van der Waals surface area contributed by atoms with Gasteiger partial charge in [-0.05, 0) is 40.5 Å². The first-order chi connectivity index (χ1) is 9.82. The summed E-state index contributed by atoms with van der Waals surface area (Å²) in [5.74, 6) is -2.53. The normalized spacial score (nSPS) is 21.9. The van der Waals surface area contributed by atoms with Gasteiger partial charge in [0.15, 0.2) is 0 Å². The first kappa shape index (κ1) is 16.2. The van der Waals surface area contributed by atoms with Crippen molar-refractivity contribution < 1.29 is 18.3 Å². The molecule has 1 aliphatic rings.